The lowest BCUT2D eigenvalue weighted by Crippen LogP contribution is -2.45. The highest BCUT2D eigenvalue weighted by Gasteiger charge is 2.34. The van der Waals surface area contributed by atoms with E-state index in [1.807, 2.05) is 43.3 Å². The third kappa shape index (κ3) is 4.17. The van der Waals surface area contributed by atoms with Gasteiger partial charge in [0.05, 0.1) is 7.11 Å². The number of aryl methyl sites for hydroxylation is 1. The van der Waals surface area contributed by atoms with Gasteiger partial charge in [-0.2, -0.15) is 0 Å². The molecule has 2 aromatic carbocycles. The number of benzene rings is 2. The van der Waals surface area contributed by atoms with Crippen molar-refractivity contribution < 1.29 is 14.3 Å². The van der Waals surface area contributed by atoms with E-state index in [1.165, 1.54) is 5.56 Å². The summed E-state index contributed by atoms with van der Waals surface area (Å²) < 4.78 is 10.8. The number of para-hydroxylation sites is 1. The van der Waals surface area contributed by atoms with E-state index in [0.717, 1.165) is 29.8 Å². The standard InChI is InChI=1S/C21H26N2O3/c1-16-5-3-4-6-19(16)23-20(24)22-15-21(11-13-26-14-12-21)17-7-9-18(25-2)10-8-17/h3-10H,11-15H2,1-2H3,(H2,22,23,24). The molecular formula is C21H26N2O3. The van der Waals surface area contributed by atoms with Crippen LogP contribution in [0, 0.1) is 6.92 Å². The number of rotatable bonds is 5. The molecule has 0 aromatic heterocycles. The van der Waals surface area contributed by atoms with E-state index in [-0.39, 0.29) is 11.4 Å². The van der Waals surface area contributed by atoms with Crippen LogP contribution >= 0.6 is 0 Å². The molecule has 0 unspecified atom stereocenters. The molecule has 1 heterocycles. The number of hydrogen-bond donors (Lipinski definition) is 2. The number of hydrogen-bond acceptors (Lipinski definition) is 3. The van der Waals surface area contributed by atoms with Crippen molar-refractivity contribution in [3.8, 4) is 5.75 Å². The molecule has 0 spiro atoms. The molecule has 26 heavy (non-hydrogen) atoms. The van der Waals surface area contributed by atoms with E-state index in [9.17, 15) is 4.79 Å². The Morgan fingerprint density at radius 3 is 2.46 bits per heavy atom. The first kappa shape index (κ1) is 18.3. The number of nitrogens with one attached hydrogen (secondary N) is 2. The summed E-state index contributed by atoms with van der Waals surface area (Å²) in [5, 5.41) is 5.99. The van der Waals surface area contributed by atoms with Gasteiger partial charge in [-0.15, -0.1) is 0 Å². The van der Waals surface area contributed by atoms with Crippen molar-refractivity contribution in [2.75, 3.05) is 32.2 Å². The Morgan fingerprint density at radius 1 is 1.12 bits per heavy atom. The van der Waals surface area contributed by atoms with E-state index in [2.05, 4.69) is 22.8 Å². The molecule has 2 aromatic rings. The lowest BCUT2D eigenvalue weighted by Gasteiger charge is -2.38. The van der Waals surface area contributed by atoms with Gasteiger partial charge in [-0.25, -0.2) is 4.79 Å². The number of amides is 2. The van der Waals surface area contributed by atoms with E-state index in [0.29, 0.717) is 19.8 Å². The Morgan fingerprint density at radius 2 is 1.81 bits per heavy atom. The third-order valence-corrected chi connectivity index (χ3v) is 5.13. The Bertz CT molecular complexity index is 737. The van der Waals surface area contributed by atoms with Gasteiger partial charge < -0.3 is 20.1 Å². The summed E-state index contributed by atoms with van der Waals surface area (Å²) in [6.45, 7) is 3.95. The number of ether oxygens (including phenoxy) is 2. The van der Waals surface area contributed by atoms with E-state index >= 15 is 0 Å². The van der Waals surface area contributed by atoms with Gasteiger partial charge in [-0.1, -0.05) is 30.3 Å². The van der Waals surface area contributed by atoms with E-state index in [1.54, 1.807) is 7.11 Å². The maximum Gasteiger partial charge on any atom is 0.319 e. The topological polar surface area (TPSA) is 59.6 Å². The van der Waals surface area contributed by atoms with Crippen LogP contribution in [0.2, 0.25) is 0 Å². The second kappa shape index (κ2) is 8.23. The second-order valence-electron chi connectivity index (χ2n) is 6.74. The average Bonchev–Trinajstić information content (AvgIpc) is 2.69. The summed E-state index contributed by atoms with van der Waals surface area (Å²) >= 11 is 0. The molecule has 1 aliphatic rings. The molecule has 138 valence electrons. The highest BCUT2D eigenvalue weighted by molar-refractivity contribution is 5.90. The number of carbonyl (C=O) groups is 1. The molecule has 1 aliphatic heterocycles. The first-order chi connectivity index (χ1) is 12.6. The minimum atomic E-state index is -0.182. The van der Waals surface area contributed by atoms with Gasteiger partial charge in [0.1, 0.15) is 5.75 Å². The molecule has 1 fully saturated rings. The average molecular weight is 354 g/mol. The Labute approximate surface area is 154 Å². The third-order valence-electron chi connectivity index (χ3n) is 5.13. The highest BCUT2D eigenvalue weighted by atomic mass is 16.5. The van der Waals surface area contributed by atoms with Gasteiger partial charge in [0, 0.05) is 30.9 Å². The second-order valence-corrected chi connectivity index (χ2v) is 6.74. The van der Waals surface area contributed by atoms with Crippen molar-refractivity contribution in [3.63, 3.8) is 0 Å². The monoisotopic (exact) mass is 354 g/mol. The van der Waals surface area contributed by atoms with E-state index in [4.69, 9.17) is 9.47 Å². The maximum atomic E-state index is 12.4. The quantitative estimate of drug-likeness (QED) is 0.857. The molecule has 0 bridgehead atoms. The summed E-state index contributed by atoms with van der Waals surface area (Å²) in [5.41, 5.74) is 2.96. The molecule has 5 heteroatoms. The minimum absolute atomic E-state index is 0.117. The summed E-state index contributed by atoms with van der Waals surface area (Å²) in [5.74, 6) is 0.834. The van der Waals surface area contributed by atoms with Crippen LogP contribution in [0.5, 0.6) is 5.75 Å². The first-order valence-electron chi connectivity index (χ1n) is 8.96. The van der Waals surface area contributed by atoms with Crippen LogP contribution in [-0.2, 0) is 10.2 Å². The predicted molar refractivity (Wildman–Crippen MR) is 103 cm³/mol. The summed E-state index contributed by atoms with van der Waals surface area (Å²) in [4.78, 5) is 12.4. The van der Waals surface area contributed by atoms with Gasteiger partial charge in [0.25, 0.3) is 0 Å². The van der Waals surface area contributed by atoms with E-state index < -0.39 is 0 Å². The molecule has 1 saturated heterocycles. The number of methoxy groups -OCH3 is 1. The van der Waals surface area contributed by atoms with Gasteiger partial charge in [-0.05, 0) is 49.1 Å². The molecule has 3 rings (SSSR count). The fourth-order valence-corrected chi connectivity index (χ4v) is 3.40. The van der Waals surface area contributed by atoms with Gasteiger partial charge in [0.15, 0.2) is 0 Å². The van der Waals surface area contributed by atoms with Gasteiger partial charge in [-0.3, -0.25) is 0 Å². The van der Waals surface area contributed by atoms with Gasteiger partial charge >= 0.3 is 6.03 Å². The molecule has 0 aliphatic carbocycles. The number of urea groups is 1. The van der Waals surface area contributed by atoms with Crippen molar-refractivity contribution >= 4 is 11.7 Å². The lowest BCUT2D eigenvalue weighted by molar-refractivity contribution is 0.0508. The molecular weight excluding hydrogens is 328 g/mol. The zero-order valence-corrected chi connectivity index (χ0v) is 15.4. The van der Waals surface area contributed by atoms with Crippen LogP contribution < -0.4 is 15.4 Å². The fraction of sp³-hybridized carbons (Fsp3) is 0.381. The van der Waals surface area contributed by atoms with Crippen molar-refractivity contribution in [1.29, 1.82) is 0 Å². The van der Waals surface area contributed by atoms with Crippen molar-refractivity contribution in [2.24, 2.45) is 0 Å². The molecule has 2 N–H and O–H groups in total. The van der Waals surface area contributed by atoms with Crippen molar-refractivity contribution in [1.82, 2.24) is 5.32 Å². The van der Waals surface area contributed by atoms with Crippen molar-refractivity contribution in [3.05, 3.63) is 59.7 Å². The SMILES string of the molecule is COc1ccc(C2(CNC(=O)Nc3ccccc3C)CCOCC2)cc1. The summed E-state index contributed by atoms with van der Waals surface area (Å²) in [6, 6.07) is 15.7. The summed E-state index contributed by atoms with van der Waals surface area (Å²) in [7, 11) is 1.66. The van der Waals surface area contributed by atoms with Gasteiger partial charge in [0.2, 0.25) is 0 Å². The molecule has 2 amide bonds. The molecule has 0 atom stereocenters. The minimum Gasteiger partial charge on any atom is -0.497 e. The smallest absolute Gasteiger partial charge is 0.319 e. The Hall–Kier alpha value is -2.53. The van der Waals surface area contributed by atoms with Crippen LogP contribution in [0.4, 0.5) is 10.5 Å². The Kier molecular flexibility index (Phi) is 5.78. The lowest BCUT2D eigenvalue weighted by atomic mass is 9.74. The van der Waals surface area contributed by atoms with Crippen LogP contribution in [0.1, 0.15) is 24.0 Å². The number of carbonyl (C=O) groups excluding carboxylic acids is 1. The van der Waals surface area contributed by atoms with Crippen molar-refractivity contribution in [2.45, 2.75) is 25.2 Å². The van der Waals surface area contributed by atoms with Crippen LogP contribution in [0.15, 0.2) is 48.5 Å². The largest absolute Gasteiger partial charge is 0.497 e. The zero-order chi connectivity index (χ0) is 18.4. The fourth-order valence-electron chi connectivity index (χ4n) is 3.40. The maximum absolute atomic E-state index is 12.4. The zero-order valence-electron chi connectivity index (χ0n) is 15.4. The van der Waals surface area contributed by atoms with Crippen LogP contribution in [0.3, 0.4) is 0 Å². The summed E-state index contributed by atoms with van der Waals surface area (Å²) in [6.07, 6.45) is 1.76. The Balaban J connectivity index is 1.70. The van der Waals surface area contributed by atoms with Crippen LogP contribution in [0.25, 0.3) is 0 Å². The normalized spacial score (nSPS) is 15.9. The number of anilines is 1. The molecule has 0 saturated carbocycles. The predicted octanol–water partition coefficient (Wildman–Crippen LogP) is 3.87. The highest BCUT2D eigenvalue weighted by Crippen LogP contribution is 2.35. The van der Waals surface area contributed by atoms with Crippen LogP contribution in [-0.4, -0.2) is 32.9 Å². The first-order valence-corrected chi connectivity index (χ1v) is 8.96. The molecule has 5 nitrogen and oxygen atoms in total. The molecule has 0 radical (unpaired) electrons.